The largest absolute Gasteiger partial charge is 0.497 e. The summed E-state index contributed by atoms with van der Waals surface area (Å²) in [5.74, 6) is 0.415. The maximum atomic E-state index is 12.9. The Bertz CT molecular complexity index is 1160. The second-order valence-electron chi connectivity index (χ2n) is 5.98. The molecule has 1 heterocycles. The van der Waals surface area contributed by atoms with E-state index in [0.29, 0.717) is 17.0 Å². The van der Waals surface area contributed by atoms with Crippen LogP contribution in [0.2, 0.25) is 0 Å². The maximum absolute atomic E-state index is 12.9. The molecule has 0 aliphatic heterocycles. The number of hydrogen-bond donors (Lipinski definition) is 1. The molecule has 0 atom stereocenters. The smallest absolute Gasteiger partial charge is 0.255 e. The molecule has 1 N–H and O–H groups in total. The number of fused-ring (bicyclic) bond motifs is 1. The van der Waals surface area contributed by atoms with Crippen molar-refractivity contribution in [3.8, 4) is 16.3 Å². The Balaban J connectivity index is 1.77. The van der Waals surface area contributed by atoms with Crippen LogP contribution in [-0.2, 0) is 0 Å². The number of carbonyl (C=O) groups excluding carboxylic acids is 1. The zero-order chi connectivity index (χ0) is 19.7. The van der Waals surface area contributed by atoms with Crippen molar-refractivity contribution in [3.05, 3.63) is 75.2 Å². The summed E-state index contributed by atoms with van der Waals surface area (Å²) in [6.07, 6.45) is 0. The number of rotatable bonds is 4. The summed E-state index contributed by atoms with van der Waals surface area (Å²) in [5.41, 5.74) is 2.97. The topological polar surface area (TPSA) is 51.2 Å². The lowest BCUT2D eigenvalue weighted by atomic mass is 10.1. The fraction of sp³-hybridized carbons (Fsp3) is 0.0476. The molecular weight excluding hydrogens is 504 g/mol. The van der Waals surface area contributed by atoms with E-state index in [9.17, 15) is 4.79 Å². The first-order valence-corrected chi connectivity index (χ1v) is 10.8. The number of methoxy groups -OCH3 is 1. The van der Waals surface area contributed by atoms with Crippen LogP contribution in [0.5, 0.6) is 5.75 Å². The summed E-state index contributed by atoms with van der Waals surface area (Å²) in [6, 6.07) is 18.9. The summed E-state index contributed by atoms with van der Waals surface area (Å²) in [7, 11) is 1.58. The quantitative estimate of drug-likeness (QED) is 0.325. The molecule has 0 saturated heterocycles. The molecule has 4 nitrogen and oxygen atoms in total. The molecule has 4 aromatic rings. The molecule has 1 amide bonds. The van der Waals surface area contributed by atoms with E-state index in [1.807, 2.05) is 36.4 Å². The molecule has 0 aliphatic carbocycles. The summed E-state index contributed by atoms with van der Waals surface area (Å²) in [6.45, 7) is 0. The molecule has 0 bridgehead atoms. The van der Waals surface area contributed by atoms with Crippen LogP contribution in [0.1, 0.15) is 10.4 Å². The third kappa shape index (κ3) is 3.83. The van der Waals surface area contributed by atoms with E-state index in [1.54, 1.807) is 42.7 Å². The minimum Gasteiger partial charge on any atom is -0.497 e. The van der Waals surface area contributed by atoms with E-state index in [2.05, 4.69) is 37.2 Å². The number of amides is 1. The second kappa shape index (κ2) is 8.03. The average Bonchev–Trinajstić information content (AvgIpc) is 3.13. The second-order valence-corrected chi connectivity index (χ2v) is 8.78. The summed E-state index contributed by atoms with van der Waals surface area (Å²) >= 11 is 8.70. The fourth-order valence-corrected chi connectivity index (χ4v) is 5.12. The molecular formula is C21H14Br2N2O2S. The number of ether oxygens (including phenoxy) is 1. The third-order valence-corrected chi connectivity index (χ3v) is 6.30. The molecule has 0 radical (unpaired) electrons. The number of nitrogens with one attached hydrogen (secondary N) is 1. The number of aromatic nitrogens is 1. The van der Waals surface area contributed by atoms with E-state index in [1.165, 1.54) is 0 Å². The van der Waals surface area contributed by atoms with Gasteiger partial charge in [-0.3, -0.25) is 4.79 Å². The molecule has 1 aromatic heterocycles. The lowest BCUT2D eigenvalue weighted by Crippen LogP contribution is -2.13. The van der Waals surface area contributed by atoms with Gasteiger partial charge in [0.2, 0.25) is 0 Å². The van der Waals surface area contributed by atoms with Crippen LogP contribution in [0.4, 0.5) is 5.69 Å². The Kier molecular flexibility index (Phi) is 5.48. The number of thiazole rings is 1. The fourth-order valence-electron chi connectivity index (χ4n) is 2.81. The van der Waals surface area contributed by atoms with Gasteiger partial charge in [0, 0.05) is 20.1 Å². The van der Waals surface area contributed by atoms with Gasteiger partial charge in [-0.05, 0) is 58.4 Å². The monoisotopic (exact) mass is 516 g/mol. The highest BCUT2D eigenvalue weighted by Gasteiger charge is 2.18. The van der Waals surface area contributed by atoms with Gasteiger partial charge in [-0.25, -0.2) is 4.98 Å². The maximum Gasteiger partial charge on any atom is 0.255 e. The molecule has 4 rings (SSSR count). The number of nitrogens with zero attached hydrogens (tertiary/aromatic N) is 1. The van der Waals surface area contributed by atoms with Crippen molar-refractivity contribution in [2.45, 2.75) is 0 Å². The van der Waals surface area contributed by atoms with Crippen molar-refractivity contribution in [1.82, 2.24) is 4.98 Å². The van der Waals surface area contributed by atoms with Gasteiger partial charge in [0.15, 0.2) is 0 Å². The summed E-state index contributed by atoms with van der Waals surface area (Å²) in [4.78, 5) is 17.6. The standard InChI is InChI=1S/C21H14Br2N2O2S/c1-27-14-6-4-5-12(9-14)20(26)25-19-15(10-13(22)11-16(19)23)21-24-17-7-2-3-8-18(17)28-21/h2-11H,1H3,(H,25,26). The Morgan fingerprint density at radius 3 is 2.68 bits per heavy atom. The SMILES string of the molecule is COc1cccc(C(=O)Nc2c(Br)cc(Br)cc2-c2nc3ccccc3s2)c1. The average molecular weight is 518 g/mol. The highest BCUT2D eigenvalue weighted by atomic mass is 79.9. The van der Waals surface area contributed by atoms with Crippen molar-refractivity contribution in [2.75, 3.05) is 12.4 Å². The van der Waals surface area contributed by atoms with Crippen LogP contribution in [-0.4, -0.2) is 18.0 Å². The summed E-state index contributed by atoms with van der Waals surface area (Å²) < 4.78 is 7.98. The van der Waals surface area contributed by atoms with Gasteiger partial charge in [-0.15, -0.1) is 11.3 Å². The van der Waals surface area contributed by atoms with Crippen LogP contribution in [0.3, 0.4) is 0 Å². The number of halogens is 2. The van der Waals surface area contributed by atoms with Crippen molar-refractivity contribution in [3.63, 3.8) is 0 Å². The van der Waals surface area contributed by atoms with Gasteiger partial charge in [0.25, 0.3) is 5.91 Å². The van der Waals surface area contributed by atoms with Crippen molar-refractivity contribution in [2.24, 2.45) is 0 Å². The normalized spacial score (nSPS) is 10.8. The van der Waals surface area contributed by atoms with Crippen LogP contribution in [0.25, 0.3) is 20.8 Å². The lowest BCUT2D eigenvalue weighted by Gasteiger charge is -2.13. The van der Waals surface area contributed by atoms with Gasteiger partial charge in [-0.1, -0.05) is 34.1 Å². The summed E-state index contributed by atoms with van der Waals surface area (Å²) in [5, 5.41) is 3.86. The minimum absolute atomic E-state index is 0.218. The van der Waals surface area contributed by atoms with Crippen LogP contribution < -0.4 is 10.1 Å². The molecule has 0 spiro atoms. The molecule has 0 saturated carbocycles. The first-order valence-electron chi connectivity index (χ1n) is 8.35. The number of carbonyl (C=O) groups is 1. The number of anilines is 1. The molecule has 0 unspecified atom stereocenters. The van der Waals surface area contributed by atoms with E-state index < -0.39 is 0 Å². The van der Waals surface area contributed by atoms with Crippen LogP contribution in [0.15, 0.2) is 69.6 Å². The van der Waals surface area contributed by atoms with E-state index in [4.69, 9.17) is 9.72 Å². The zero-order valence-corrected chi connectivity index (χ0v) is 18.7. The van der Waals surface area contributed by atoms with Crippen LogP contribution >= 0.6 is 43.2 Å². The lowest BCUT2D eigenvalue weighted by molar-refractivity contribution is 0.102. The van der Waals surface area contributed by atoms with Gasteiger partial charge >= 0.3 is 0 Å². The number of para-hydroxylation sites is 1. The Morgan fingerprint density at radius 1 is 1.07 bits per heavy atom. The van der Waals surface area contributed by atoms with E-state index in [-0.39, 0.29) is 5.91 Å². The van der Waals surface area contributed by atoms with Gasteiger partial charge in [-0.2, -0.15) is 0 Å². The molecule has 3 aromatic carbocycles. The highest BCUT2D eigenvalue weighted by molar-refractivity contribution is 9.11. The molecule has 7 heteroatoms. The Hall–Kier alpha value is -2.22. The molecule has 0 fully saturated rings. The Morgan fingerprint density at radius 2 is 1.89 bits per heavy atom. The molecule has 28 heavy (non-hydrogen) atoms. The molecule has 140 valence electrons. The number of hydrogen-bond acceptors (Lipinski definition) is 4. The first-order chi connectivity index (χ1) is 13.5. The number of benzene rings is 3. The van der Waals surface area contributed by atoms with Gasteiger partial charge < -0.3 is 10.1 Å². The van der Waals surface area contributed by atoms with Crippen molar-refractivity contribution >= 4 is 65.0 Å². The van der Waals surface area contributed by atoms with E-state index in [0.717, 1.165) is 29.7 Å². The van der Waals surface area contributed by atoms with Crippen molar-refractivity contribution in [1.29, 1.82) is 0 Å². The first kappa shape index (κ1) is 19.1. The highest BCUT2D eigenvalue weighted by Crippen LogP contribution is 2.40. The minimum atomic E-state index is -0.218. The third-order valence-electron chi connectivity index (χ3n) is 4.15. The van der Waals surface area contributed by atoms with Gasteiger partial charge in [0.1, 0.15) is 10.8 Å². The Labute approximate surface area is 182 Å². The van der Waals surface area contributed by atoms with E-state index >= 15 is 0 Å². The van der Waals surface area contributed by atoms with Gasteiger partial charge in [0.05, 0.1) is 23.0 Å². The molecule has 0 aliphatic rings. The van der Waals surface area contributed by atoms with Crippen molar-refractivity contribution < 1.29 is 9.53 Å². The zero-order valence-electron chi connectivity index (χ0n) is 14.7. The van der Waals surface area contributed by atoms with Crippen LogP contribution in [0, 0.1) is 0 Å². The predicted molar refractivity (Wildman–Crippen MR) is 121 cm³/mol. The predicted octanol–water partition coefficient (Wildman–Crippen LogP) is 6.75.